The summed E-state index contributed by atoms with van der Waals surface area (Å²) in [5.74, 6) is 0.527. The van der Waals surface area contributed by atoms with Crippen LogP contribution in [0.25, 0.3) is 0 Å². The van der Waals surface area contributed by atoms with E-state index in [1.54, 1.807) is 26.1 Å². The molecule has 0 aliphatic carbocycles. The fourth-order valence-electron chi connectivity index (χ4n) is 2.73. The minimum absolute atomic E-state index is 0.0280. The highest BCUT2D eigenvalue weighted by molar-refractivity contribution is 5.80. The van der Waals surface area contributed by atoms with Crippen molar-refractivity contribution in [3.63, 3.8) is 0 Å². The first kappa shape index (κ1) is 19.7. The van der Waals surface area contributed by atoms with Gasteiger partial charge in [0.25, 0.3) is 0 Å². The van der Waals surface area contributed by atoms with Gasteiger partial charge < -0.3 is 20.1 Å². The van der Waals surface area contributed by atoms with E-state index in [4.69, 9.17) is 9.47 Å². The molecule has 1 atom stereocenters. The number of guanidine groups is 1. The molecule has 0 aromatic heterocycles. The molecule has 0 spiro atoms. The molecule has 2 N–H and O–H groups in total. The van der Waals surface area contributed by atoms with E-state index in [0.717, 1.165) is 51.2 Å². The summed E-state index contributed by atoms with van der Waals surface area (Å²) in [7, 11) is 1.73. The molecule has 0 bridgehead atoms. The van der Waals surface area contributed by atoms with E-state index in [2.05, 4.69) is 15.6 Å². The Morgan fingerprint density at radius 3 is 2.84 bits per heavy atom. The van der Waals surface area contributed by atoms with Crippen molar-refractivity contribution in [2.24, 2.45) is 4.99 Å². The Kier molecular flexibility index (Phi) is 8.15. The van der Waals surface area contributed by atoms with Crippen LogP contribution in [0.2, 0.25) is 0 Å². The van der Waals surface area contributed by atoms with Gasteiger partial charge in [0.1, 0.15) is 5.82 Å². The van der Waals surface area contributed by atoms with Crippen LogP contribution in [0.5, 0.6) is 0 Å². The minimum Gasteiger partial charge on any atom is -0.381 e. The van der Waals surface area contributed by atoms with Crippen molar-refractivity contribution >= 4 is 5.96 Å². The lowest BCUT2D eigenvalue weighted by atomic mass is 10.1. The fraction of sp³-hybridized carbons (Fsp3) is 0.632. The van der Waals surface area contributed by atoms with Crippen LogP contribution >= 0.6 is 0 Å². The number of ether oxygens (including phenoxy) is 2. The summed E-state index contributed by atoms with van der Waals surface area (Å²) in [6, 6.07) is 5.28. The Morgan fingerprint density at radius 2 is 2.16 bits per heavy atom. The average Bonchev–Trinajstić information content (AvgIpc) is 2.63. The largest absolute Gasteiger partial charge is 0.381 e. The molecule has 5 nitrogen and oxygen atoms in total. The molecule has 6 heteroatoms. The number of halogens is 1. The number of hydrogen-bond donors (Lipinski definition) is 2. The molecule has 1 heterocycles. The van der Waals surface area contributed by atoms with Gasteiger partial charge in [-0.05, 0) is 50.3 Å². The third kappa shape index (κ3) is 6.63. The number of aliphatic imine (C=N–C) groups is 1. The van der Waals surface area contributed by atoms with E-state index in [0.29, 0.717) is 17.6 Å². The molecule has 1 fully saturated rings. The second-order valence-corrected chi connectivity index (χ2v) is 6.41. The molecule has 1 saturated heterocycles. The van der Waals surface area contributed by atoms with Gasteiger partial charge in [-0.25, -0.2) is 4.39 Å². The first-order valence-corrected chi connectivity index (χ1v) is 9.02. The van der Waals surface area contributed by atoms with E-state index in [1.165, 1.54) is 0 Å². The summed E-state index contributed by atoms with van der Waals surface area (Å²) in [5, 5.41) is 6.56. The van der Waals surface area contributed by atoms with Crippen molar-refractivity contribution < 1.29 is 13.9 Å². The van der Waals surface area contributed by atoms with Gasteiger partial charge in [-0.3, -0.25) is 4.99 Å². The highest BCUT2D eigenvalue weighted by Crippen LogP contribution is 2.16. The lowest BCUT2D eigenvalue weighted by Crippen LogP contribution is -2.39. The minimum atomic E-state index is -0.181. The van der Waals surface area contributed by atoms with Gasteiger partial charge >= 0.3 is 0 Å². The number of aryl methyl sites for hydroxylation is 1. The Balaban J connectivity index is 1.68. The highest BCUT2D eigenvalue weighted by atomic mass is 19.1. The third-order valence-corrected chi connectivity index (χ3v) is 4.41. The number of benzene rings is 1. The second kappa shape index (κ2) is 10.4. The normalized spacial score (nSPS) is 17.4. The smallest absolute Gasteiger partial charge is 0.191 e. The first-order valence-electron chi connectivity index (χ1n) is 9.02. The number of hydrogen-bond acceptors (Lipinski definition) is 3. The van der Waals surface area contributed by atoms with Gasteiger partial charge in [0.15, 0.2) is 5.96 Å². The van der Waals surface area contributed by atoms with E-state index >= 15 is 0 Å². The molecule has 0 saturated carbocycles. The second-order valence-electron chi connectivity index (χ2n) is 6.41. The molecule has 2 rings (SSSR count). The van der Waals surface area contributed by atoms with Crippen molar-refractivity contribution in [3.05, 3.63) is 35.1 Å². The van der Waals surface area contributed by atoms with Gasteiger partial charge in [0.2, 0.25) is 0 Å². The zero-order chi connectivity index (χ0) is 18.1. The maximum Gasteiger partial charge on any atom is 0.191 e. The van der Waals surface area contributed by atoms with Crippen LogP contribution in [0.3, 0.4) is 0 Å². The Morgan fingerprint density at radius 1 is 1.40 bits per heavy atom. The maximum atomic E-state index is 13.7. The van der Waals surface area contributed by atoms with Gasteiger partial charge in [-0.15, -0.1) is 0 Å². The summed E-state index contributed by atoms with van der Waals surface area (Å²) in [6.45, 7) is 6.87. The summed E-state index contributed by atoms with van der Waals surface area (Å²) < 4.78 is 24.9. The summed E-state index contributed by atoms with van der Waals surface area (Å²) in [5.41, 5.74) is 1.55. The van der Waals surface area contributed by atoms with Gasteiger partial charge in [0.05, 0.1) is 12.1 Å². The predicted octanol–water partition coefficient (Wildman–Crippen LogP) is 2.95. The van der Waals surface area contributed by atoms with Crippen molar-refractivity contribution in [2.75, 3.05) is 33.4 Å². The van der Waals surface area contributed by atoms with Crippen molar-refractivity contribution in [1.29, 1.82) is 0 Å². The van der Waals surface area contributed by atoms with Crippen LogP contribution in [0.4, 0.5) is 4.39 Å². The number of nitrogens with one attached hydrogen (secondary N) is 2. The van der Waals surface area contributed by atoms with E-state index in [1.807, 2.05) is 13.0 Å². The summed E-state index contributed by atoms with van der Waals surface area (Å²) in [6.07, 6.45) is 3.22. The van der Waals surface area contributed by atoms with Crippen molar-refractivity contribution in [1.82, 2.24) is 10.6 Å². The van der Waals surface area contributed by atoms with Gasteiger partial charge in [-0.2, -0.15) is 0 Å². The highest BCUT2D eigenvalue weighted by Gasteiger charge is 2.13. The number of nitrogens with zero attached hydrogens (tertiary/aromatic N) is 1. The van der Waals surface area contributed by atoms with Crippen LogP contribution in [0.15, 0.2) is 23.2 Å². The lowest BCUT2D eigenvalue weighted by molar-refractivity contribution is -0.0320. The van der Waals surface area contributed by atoms with E-state index in [9.17, 15) is 4.39 Å². The quantitative estimate of drug-likeness (QED) is 0.451. The van der Waals surface area contributed by atoms with Crippen LogP contribution < -0.4 is 10.6 Å². The average molecular weight is 351 g/mol. The van der Waals surface area contributed by atoms with E-state index < -0.39 is 0 Å². The van der Waals surface area contributed by atoms with Crippen LogP contribution in [-0.4, -0.2) is 45.5 Å². The molecule has 1 aliphatic rings. The molecule has 1 unspecified atom stereocenters. The molecular formula is C19H30FN3O2. The molecule has 140 valence electrons. The Bertz CT molecular complexity index is 560. The fourth-order valence-corrected chi connectivity index (χ4v) is 2.73. The zero-order valence-electron chi connectivity index (χ0n) is 15.5. The van der Waals surface area contributed by atoms with Gasteiger partial charge in [-0.1, -0.05) is 12.1 Å². The predicted molar refractivity (Wildman–Crippen MR) is 98.5 cm³/mol. The summed E-state index contributed by atoms with van der Waals surface area (Å²) in [4.78, 5) is 4.22. The standard InChI is InChI=1S/C19H30FN3O2/c1-14-5-6-16(13-18(14)20)15(2)23-19(21-3)22-9-4-10-25-17-7-11-24-12-8-17/h5-6,13,15,17H,4,7-12H2,1-3H3,(H2,21,22,23). The molecule has 1 aromatic rings. The third-order valence-electron chi connectivity index (χ3n) is 4.41. The molecular weight excluding hydrogens is 321 g/mol. The topological polar surface area (TPSA) is 54.9 Å². The molecule has 25 heavy (non-hydrogen) atoms. The Labute approximate surface area is 150 Å². The molecule has 0 amide bonds. The maximum absolute atomic E-state index is 13.7. The summed E-state index contributed by atoms with van der Waals surface area (Å²) >= 11 is 0. The van der Waals surface area contributed by atoms with E-state index in [-0.39, 0.29) is 11.9 Å². The molecule has 1 aliphatic heterocycles. The van der Waals surface area contributed by atoms with Gasteiger partial charge in [0, 0.05) is 33.4 Å². The van der Waals surface area contributed by atoms with Crippen molar-refractivity contribution in [2.45, 2.75) is 45.3 Å². The lowest BCUT2D eigenvalue weighted by Gasteiger charge is -2.22. The van der Waals surface area contributed by atoms with Crippen LogP contribution in [0, 0.1) is 12.7 Å². The van der Waals surface area contributed by atoms with Crippen LogP contribution in [0.1, 0.15) is 43.4 Å². The zero-order valence-corrected chi connectivity index (χ0v) is 15.5. The van der Waals surface area contributed by atoms with Crippen LogP contribution in [-0.2, 0) is 9.47 Å². The van der Waals surface area contributed by atoms with Crippen molar-refractivity contribution in [3.8, 4) is 0 Å². The first-order chi connectivity index (χ1) is 12.1. The monoisotopic (exact) mass is 351 g/mol. The number of rotatable bonds is 7. The Hall–Kier alpha value is -1.66. The molecule has 0 radical (unpaired) electrons. The SMILES string of the molecule is CN=C(NCCCOC1CCOCC1)NC(C)c1ccc(C)c(F)c1. The molecule has 1 aromatic carbocycles.